The number of carbonyl (C=O) groups excluding carboxylic acids is 1. The van der Waals surface area contributed by atoms with Crippen molar-refractivity contribution < 1.29 is 9.53 Å². The number of amides is 1. The number of carbonyl (C=O) groups is 1. The van der Waals surface area contributed by atoms with Gasteiger partial charge in [-0.2, -0.15) is 0 Å². The molecule has 0 spiro atoms. The molecule has 0 bridgehead atoms. The van der Waals surface area contributed by atoms with Crippen LogP contribution in [0, 0.1) is 5.92 Å². The molecule has 1 aromatic carbocycles. The number of ether oxygens (including phenoxy) is 1. The molecule has 106 valence electrons. The molecule has 0 radical (unpaired) electrons. The van der Waals surface area contributed by atoms with Gasteiger partial charge in [-0.1, -0.05) is 6.42 Å². The predicted octanol–water partition coefficient (Wildman–Crippen LogP) is 2.57. The van der Waals surface area contributed by atoms with Crippen LogP contribution in [0.15, 0.2) is 24.3 Å². The summed E-state index contributed by atoms with van der Waals surface area (Å²) < 4.78 is 5.35. The van der Waals surface area contributed by atoms with E-state index >= 15 is 0 Å². The third-order valence-electron chi connectivity index (χ3n) is 3.34. The van der Waals surface area contributed by atoms with Crippen molar-refractivity contribution in [2.24, 2.45) is 11.7 Å². The van der Waals surface area contributed by atoms with Gasteiger partial charge in [0.25, 0.3) is 0 Å². The van der Waals surface area contributed by atoms with Gasteiger partial charge in [0, 0.05) is 11.7 Å². The van der Waals surface area contributed by atoms with Gasteiger partial charge >= 0.3 is 0 Å². The van der Waals surface area contributed by atoms with Crippen molar-refractivity contribution in [1.82, 2.24) is 0 Å². The molecule has 1 aromatic rings. The number of hydrogen-bond acceptors (Lipinski definition) is 3. The molecule has 1 fully saturated rings. The van der Waals surface area contributed by atoms with Crippen molar-refractivity contribution in [2.45, 2.75) is 32.2 Å². The minimum atomic E-state index is -0.0448. The summed E-state index contributed by atoms with van der Waals surface area (Å²) in [5.41, 5.74) is 6.71. The van der Waals surface area contributed by atoms with Gasteiger partial charge in [0.2, 0.25) is 5.91 Å². The Labute approximate surface area is 120 Å². The van der Waals surface area contributed by atoms with E-state index in [0.29, 0.717) is 6.61 Å². The van der Waals surface area contributed by atoms with Crippen molar-refractivity contribution >= 4 is 24.0 Å². The van der Waals surface area contributed by atoms with Crippen molar-refractivity contribution in [2.75, 3.05) is 11.9 Å². The molecule has 0 aliphatic heterocycles. The summed E-state index contributed by atoms with van der Waals surface area (Å²) in [5.74, 6) is 0.800. The Hall–Kier alpha value is -1.26. The number of hydrogen-bond donors (Lipinski definition) is 2. The summed E-state index contributed by atoms with van der Waals surface area (Å²) in [6.45, 7) is 2.58. The number of anilines is 1. The first kappa shape index (κ1) is 15.8. The zero-order valence-electron chi connectivity index (χ0n) is 11.1. The lowest BCUT2D eigenvalue weighted by Crippen LogP contribution is -2.34. The van der Waals surface area contributed by atoms with Crippen LogP contribution in [0.1, 0.15) is 26.2 Å². The lowest BCUT2D eigenvalue weighted by molar-refractivity contribution is -0.120. The van der Waals surface area contributed by atoms with Crippen LogP contribution in [-0.2, 0) is 4.79 Å². The van der Waals surface area contributed by atoms with E-state index in [-0.39, 0.29) is 30.3 Å². The summed E-state index contributed by atoms with van der Waals surface area (Å²) in [7, 11) is 0. The van der Waals surface area contributed by atoms with E-state index in [2.05, 4.69) is 5.32 Å². The van der Waals surface area contributed by atoms with E-state index in [4.69, 9.17) is 10.5 Å². The quantitative estimate of drug-likeness (QED) is 0.893. The Balaban J connectivity index is 0.00000180. The minimum Gasteiger partial charge on any atom is -0.494 e. The first-order valence-corrected chi connectivity index (χ1v) is 6.50. The molecule has 0 aromatic heterocycles. The van der Waals surface area contributed by atoms with Gasteiger partial charge in [-0.15, -0.1) is 12.4 Å². The molecule has 19 heavy (non-hydrogen) atoms. The second-order valence-electron chi connectivity index (χ2n) is 4.65. The highest BCUT2D eigenvalue weighted by Gasteiger charge is 2.30. The maximum Gasteiger partial charge on any atom is 0.229 e. The molecule has 2 unspecified atom stereocenters. The summed E-state index contributed by atoms with van der Waals surface area (Å²) in [5, 5.41) is 2.91. The molecule has 0 saturated heterocycles. The average molecular weight is 285 g/mol. The molecular formula is C14H21ClN2O2. The average Bonchev–Trinajstić information content (AvgIpc) is 2.78. The zero-order chi connectivity index (χ0) is 13.0. The number of halogens is 1. The molecule has 3 N–H and O–H groups in total. The molecule has 1 saturated carbocycles. The summed E-state index contributed by atoms with van der Waals surface area (Å²) in [4.78, 5) is 12.0. The van der Waals surface area contributed by atoms with Gasteiger partial charge in [-0.25, -0.2) is 0 Å². The lowest BCUT2D eigenvalue weighted by atomic mass is 10.0. The van der Waals surface area contributed by atoms with E-state index in [1.807, 2.05) is 31.2 Å². The third kappa shape index (κ3) is 4.11. The van der Waals surface area contributed by atoms with E-state index in [0.717, 1.165) is 30.7 Å². The third-order valence-corrected chi connectivity index (χ3v) is 3.34. The predicted molar refractivity (Wildman–Crippen MR) is 78.8 cm³/mol. The van der Waals surface area contributed by atoms with E-state index in [9.17, 15) is 4.79 Å². The van der Waals surface area contributed by atoms with Gasteiger partial charge in [0.05, 0.1) is 12.5 Å². The standard InChI is InChI=1S/C14H20N2O2.ClH/c1-2-18-11-8-6-10(7-9-11)16-14(17)12-4-3-5-13(12)15;/h6-9,12-13H,2-5,15H2,1H3,(H,16,17);1H. The van der Waals surface area contributed by atoms with Crippen LogP contribution in [0.2, 0.25) is 0 Å². The number of nitrogens with two attached hydrogens (primary N) is 1. The Bertz CT molecular complexity index is 408. The number of benzene rings is 1. The highest BCUT2D eigenvalue weighted by atomic mass is 35.5. The van der Waals surface area contributed by atoms with Crippen LogP contribution in [0.4, 0.5) is 5.69 Å². The van der Waals surface area contributed by atoms with Gasteiger partial charge in [0.1, 0.15) is 5.75 Å². The van der Waals surface area contributed by atoms with Gasteiger partial charge in [0.15, 0.2) is 0 Å². The van der Waals surface area contributed by atoms with Crippen LogP contribution in [0.3, 0.4) is 0 Å². The molecule has 5 heteroatoms. The number of rotatable bonds is 4. The Morgan fingerprint density at radius 1 is 1.37 bits per heavy atom. The Kier molecular flexibility index (Phi) is 6.12. The SMILES string of the molecule is CCOc1ccc(NC(=O)C2CCCC2N)cc1.Cl. The second-order valence-corrected chi connectivity index (χ2v) is 4.65. The zero-order valence-corrected chi connectivity index (χ0v) is 11.9. The molecule has 2 atom stereocenters. The molecule has 1 amide bonds. The van der Waals surface area contributed by atoms with Crippen molar-refractivity contribution in [3.05, 3.63) is 24.3 Å². The van der Waals surface area contributed by atoms with E-state index in [1.165, 1.54) is 0 Å². The topological polar surface area (TPSA) is 64.3 Å². The maximum absolute atomic E-state index is 12.0. The fraction of sp³-hybridized carbons (Fsp3) is 0.500. The highest BCUT2D eigenvalue weighted by Crippen LogP contribution is 2.25. The maximum atomic E-state index is 12.0. The van der Waals surface area contributed by atoms with Gasteiger partial charge in [-0.05, 0) is 44.0 Å². The summed E-state index contributed by atoms with van der Waals surface area (Å²) in [6, 6.07) is 7.42. The minimum absolute atomic E-state index is 0. The number of nitrogens with one attached hydrogen (secondary N) is 1. The van der Waals surface area contributed by atoms with Crippen LogP contribution in [0.25, 0.3) is 0 Å². The summed E-state index contributed by atoms with van der Waals surface area (Å²) >= 11 is 0. The first-order valence-electron chi connectivity index (χ1n) is 6.50. The highest BCUT2D eigenvalue weighted by molar-refractivity contribution is 5.93. The Morgan fingerprint density at radius 2 is 2.05 bits per heavy atom. The van der Waals surface area contributed by atoms with Crippen LogP contribution < -0.4 is 15.8 Å². The normalized spacial score (nSPS) is 21.6. The largest absolute Gasteiger partial charge is 0.494 e. The summed E-state index contributed by atoms with van der Waals surface area (Å²) in [6.07, 6.45) is 2.88. The van der Waals surface area contributed by atoms with E-state index in [1.54, 1.807) is 0 Å². The molecule has 4 nitrogen and oxygen atoms in total. The monoisotopic (exact) mass is 284 g/mol. The van der Waals surface area contributed by atoms with Crippen LogP contribution >= 0.6 is 12.4 Å². The molecule has 1 aliphatic rings. The van der Waals surface area contributed by atoms with Gasteiger partial charge in [-0.3, -0.25) is 4.79 Å². The second kappa shape index (κ2) is 7.36. The van der Waals surface area contributed by atoms with Crippen LogP contribution in [0.5, 0.6) is 5.75 Å². The van der Waals surface area contributed by atoms with E-state index < -0.39 is 0 Å². The molecule has 1 aliphatic carbocycles. The molecule has 0 heterocycles. The Morgan fingerprint density at radius 3 is 2.58 bits per heavy atom. The van der Waals surface area contributed by atoms with Crippen molar-refractivity contribution in [1.29, 1.82) is 0 Å². The van der Waals surface area contributed by atoms with Crippen LogP contribution in [-0.4, -0.2) is 18.6 Å². The fourth-order valence-corrected chi connectivity index (χ4v) is 2.35. The van der Waals surface area contributed by atoms with Crippen molar-refractivity contribution in [3.63, 3.8) is 0 Å². The molecular weight excluding hydrogens is 264 g/mol. The fourth-order valence-electron chi connectivity index (χ4n) is 2.35. The molecule has 2 rings (SSSR count). The smallest absolute Gasteiger partial charge is 0.229 e. The first-order chi connectivity index (χ1) is 8.70. The van der Waals surface area contributed by atoms with Gasteiger partial charge < -0.3 is 15.8 Å². The van der Waals surface area contributed by atoms with Crippen molar-refractivity contribution in [3.8, 4) is 5.75 Å². The lowest BCUT2D eigenvalue weighted by Gasteiger charge is -2.15.